The molecule has 0 fully saturated rings. The van der Waals surface area contributed by atoms with E-state index in [0.29, 0.717) is 16.9 Å². The van der Waals surface area contributed by atoms with Crippen molar-refractivity contribution >= 4 is 17.6 Å². The summed E-state index contributed by atoms with van der Waals surface area (Å²) in [6.45, 7) is 1.67. The van der Waals surface area contributed by atoms with Crippen molar-refractivity contribution in [3.63, 3.8) is 0 Å². The topological polar surface area (TPSA) is 55.1 Å². The third-order valence-electron chi connectivity index (χ3n) is 2.50. The van der Waals surface area contributed by atoms with Crippen LogP contribution in [0.25, 0.3) is 5.69 Å². The quantitative estimate of drug-likeness (QED) is 0.931. The van der Waals surface area contributed by atoms with Gasteiger partial charge in [0.1, 0.15) is 11.0 Å². The van der Waals surface area contributed by atoms with Crippen LogP contribution in [-0.4, -0.2) is 20.9 Å². The van der Waals surface area contributed by atoms with Gasteiger partial charge >= 0.3 is 5.97 Å². The van der Waals surface area contributed by atoms with Gasteiger partial charge in [-0.3, -0.25) is 4.79 Å². The number of benzene rings is 1. The molecule has 1 N–H and O–H groups in total. The van der Waals surface area contributed by atoms with Crippen molar-refractivity contribution in [2.75, 3.05) is 0 Å². The fraction of sp³-hybridized carbons (Fsp3) is 0.167. The van der Waals surface area contributed by atoms with Gasteiger partial charge in [0.2, 0.25) is 0 Å². The number of aryl methyl sites for hydroxylation is 1. The van der Waals surface area contributed by atoms with Crippen molar-refractivity contribution in [1.82, 2.24) is 9.78 Å². The van der Waals surface area contributed by atoms with Crippen molar-refractivity contribution in [1.29, 1.82) is 0 Å². The number of rotatable bonds is 3. The van der Waals surface area contributed by atoms with Crippen LogP contribution in [0.5, 0.6) is 0 Å². The van der Waals surface area contributed by atoms with E-state index in [9.17, 15) is 9.18 Å². The first-order chi connectivity index (χ1) is 8.49. The maximum Gasteiger partial charge on any atom is 0.308 e. The van der Waals surface area contributed by atoms with Gasteiger partial charge in [0.05, 0.1) is 17.8 Å². The van der Waals surface area contributed by atoms with E-state index in [1.165, 1.54) is 22.9 Å². The lowest BCUT2D eigenvalue weighted by Gasteiger charge is -2.03. The van der Waals surface area contributed by atoms with Crippen LogP contribution in [-0.2, 0) is 11.2 Å². The second-order valence-electron chi connectivity index (χ2n) is 3.82. The van der Waals surface area contributed by atoms with E-state index in [-0.39, 0.29) is 11.6 Å². The number of carbonyl (C=O) groups is 1. The van der Waals surface area contributed by atoms with E-state index in [4.69, 9.17) is 16.7 Å². The number of aliphatic carboxylic acids is 1. The minimum atomic E-state index is -0.987. The Balaban J connectivity index is 2.50. The van der Waals surface area contributed by atoms with Crippen LogP contribution in [0.2, 0.25) is 5.15 Å². The second-order valence-corrected chi connectivity index (χ2v) is 4.17. The minimum absolute atomic E-state index is 0.195. The Hall–Kier alpha value is -1.88. The number of hydrogen-bond donors (Lipinski definition) is 1. The first-order valence-electron chi connectivity index (χ1n) is 5.20. The van der Waals surface area contributed by atoms with Crippen molar-refractivity contribution < 1.29 is 14.3 Å². The van der Waals surface area contributed by atoms with Gasteiger partial charge in [-0.25, -0.2) is 9.07 Å². The summed E-state index contributed by atoms with van der Waals surface area (Å²) in [6.07, 6.45) is -0.208. The van der Waals surface area contributed by atoms with Gasteiger partial charge in [0.15, 0.2) is 0 Å². The number of carboxylic acid groups (broad SMARTS) is 1. The standard InChI is InChI=1S/C12H10ClFN2O2/c1-7-10(6-11(17)18)12(13)16(15-7)9-4-2-3-8(14)5-9/h2-5H,6H2,1H3,(H,17,18). The van der Waals surface area contributed by atoms with Crippen LogP contribution in [0.1, 0.15) is 11.3 Å². The largest absolute Gasteiger partial charge is 0.481 e. The van der Waals surface area contributed by atoms with Crippen molar-refractivity contribution in [2.24, 2.45) is 0 Å². The molecule has 6 heteroatoms. The molecule has 18 heavy (non-hydrogen) atoms. The molecule has 0 saturated heterocycles. The first kappa shape index (κ1) is 12.6. The fourth-order valence-corrected chi connectivity index (χ4v) is 2.00. The van der Waals surface area contributed by atoms with Crippen LogP contribution in [0, 0.1) is 12.7 Å². The third kappa shape index (κ3) is 2.36. The minimum Gasteiger partial charge on any atom is -0.481 e. The Bertz CT molecular complexity index is 610. The summed E-state index contributed by atoms with van der Waals surface area (Å²) in [7, 11) is 0. The van der Waals surface area contributed by atoms with E-state index in [0.717, 1.165) is 0 Å². The number of nitrogens with zero attached hydrogens (tertiary/aromatic N) is 2. The van der Waals surface area contributed by atoms with Gasteiger partial charge in [0, 0.05) is 5.56 Å². The Morgan fingerprint density at radius 3 is 2.89 bits per heavy atom. The van der Waals surface area contributed by atoms with Gasteiger partial charge in [0.25, 0.3) is 0 Å². The van der Waals surface area contributed by atoms with Gasteiger partial charge in [-0.1, -0.05) is 17.7 Å². The normalized spacial score (nSPS) is 10.6. The molecule has 0 saturated carbocycles. The third-order valence-corrected chi connectivity index (χ3v) is 2.89. The predicted octanol–water partition coefficient (Wildman–Crippen LogP) is 2.60. The molecule has 0 aliphatic carbocycles. The van der Waals surface area contributed by atoms with Crippen molar-refractivity contribution in [2.45, 2.75) is 13.3 Å². The molecule has 0 atom stereocenters. The predicted molar refractivity (Wildman–Crippen MR) is 64.6 cm³/mol. The van der Waals surface area contributed by atoms with Gasteiger partial charge in [-0.15, -0.1) is 0 Å². The summed E-state index contributed by atoms with van der Waals surface area (Å²) < 4.78 is 14.5. The average Bonchev–Trinajstić information content (AvgIpc) is 2.56. The SMILES string of the molecule is Cc1nn(-c2cccc(F)c2)c(Cl)c1CC(=O)O. The molecular weight excluding hydrogens is 259 g/mol. The monoisotopic (exact) mass is 268 g/mol. The van der Waals surface area contributed by atoms with E-state index < -0.39 is 11.8 Å². The molecule has 0 aliphatic heterocycles. The second kappa shape index (κ2) is 4.78. The summed E-state index contributed by atoms with van der Waals surface area (Å²) in [4.78, 5) is 10.7. The lowest BCUT2D eigenvalue weighted by Crippen LogP contribution is -2.01. The highest BCUT2D eigenvalue weighted by atomic mass is 35.5. The van der Waals surface area contributed by atoms with Gasteiger partial charge in [-0.2, -0.15) is 5.10 Å². The molecule has 94 valence electrons. The van der Waals surface area contributed by atoms with E-state index >= 15 is 0 Å². The summed E-state index contributed by atoms with van der Waals surface area (Å²) in [5.74, 6) is -1.39. The van der Waals surface area contributed by atoms with Crippen LogP contribution < -0.4 is 0 Å². The highest BCUT2D eigenvalue weighted by molar-refractivity contribution is 6.30. The zero-order chi connectivity index (χ0) is 13.3. The van der Waals surface area contributed by atoms with E-state index in [1.54, 1.807) is 13.0 Å². The average molecular weight is 269 g/mol. The lowest BCUT2D eigenvalue weighted by atomic mass is 10.2. The molecule has 0 radical (unpaired) electrons. The molecule has 0 aliphatic rings. The van der Waals surface area contributed by atoms with Gasteiger partial charge < -0.3 is 5.11 Å². The number of carboxylic acids is 1. The molecule has 0 spiro atoms. The Morgan fingerprint density at radius 1 is 1.56 bits per heavy atom. The highest BCUT2D eigenvalue weighted by Crippen LogP contribution is 2.24. The van der Waals surface area contributed by atoms with E-state index in [1.807, 2.05) is 0 Å². The molecule has 1 aromatic carbocycles. The zero-order valence-electron chi connectivity index (χ0n) is 9.52. The summed E-state index contributed by atoms with van der Waals surface area (Å²) >= 11 is 6.08. The van der Waals surface area contributed by atoms with Crippen LogP contribution in [0.15, 0.2) is 24.3 Å². The molecular formula is C12H10ClFN2O2. The Kier molecular flexibility index (Phi) is 3.34. The molecule has 1 heterocycles. The molecule has 0 unspecified atom stereocenters. The Morgan fingerprint density at radius 2 is 2.28 bits per heavy atom. The molecule has 0 amide bonds. The molecule has 0 bridgehead atoms. The van der Waals surface area contributed by atoms with Gasteiger partial charge in [-0.05, 0) is 25.1 Å². The maximum absolute atomic E-state index is 13.1. The summed E-state index contributed by atoms with van der Waals surface area (Å²) in [5, 5.41) is 13.1. The van der Waals surface area contributed by atoms with Crippen LogP contribution in [0.3, 0.4) is 0 Å². The fourth-order valence-electron chi connectivity index (χ4n) is 1.66. The summed E-state index contributed by atoms with van der Waals surface area (Å²) in [5.41, 5.74) is 1.42. The highest BCUT2D eigenvalue weighted by Gasteiger charge is 2.17. The lowest BCUT2D eigenvalue weighted by molar-refractivity contribution is -0.136. The number of halogens is 2. The summed E-state index contributed by atoms with van der Waals surface area (Å²) in [6, 6.07) is 5.77. The van der Waals surface area contributed by atoms with Crippen molar-refractivity contribution in [3.05, 3.63) is 46.5 Å². The van der Waals surface area contributed by atoms with Crippen LogP contribution >= 0.6 is 11.6 Å². The molecule has 2 rings (SSSR count). The molecule has 2 aromatic rings. The Labute approximate surface area is 108 Å². The van der Waals surface area contributed by atoms with Crippen molar-refractivity contribution in [3.8, 4) is 5.69 Å². The van der Waals surface area contributed by atoms with Crippen LogP contribution in [0.4, 0.5) is 4.39 Å². The molecule has 1 aromatic heterocycles. The molecule has 4 nitrogen and oxygen atoms in total. The number of aromatic nitrogens is 2. The number of hydrogen-bond acceptors (Lipinski definition) is 2. The zero-order valence-corrected chi connectivity index (χ0v) is 10.3. The van der Waals surface area contributed by atoms with E-state index in [2.05, 4.69) is 5.10 Å². The first-order valence-corrected chi connectivity index (χ1v) is 5.58. The maximum atomic E-state index is 13.1. The smallest absolute Gasteiger partial charge is 0.308 e.